The van der Waals surface area contributed by atoms with Crippen molar-refractivity contribution in [2.24, 2.45) is 0 Å². The molecule has 3 rings (SSSR count). The van der Waals surface area contributed by atoms with Crippen molar-refractivity contribution in [2.75, 3.05) is 0 Å². The first-order valence-electron chi connectivity index (χ1n) is 8.73. The second-order valence-electron chi connectivity index (χ2n) is 7.77. The van der Waals surface area contributed by atoms with Gasteiger partial charge in [0.25, 0.3) is 0 Å². The molecular formula is C21H20F5NO. The average Bonchev–Trinajstić information content (AvgIpc) is 2.97. The predicted molar refractivity (Wildman–Crippen MR) is 97.0 cm³/mol. The van der Waals surface area contributed by atoms with Crippen LogP contribution in [-0.2, 0) is 11.8 Å². The smallest absolute Gasteiger partial charge is 0.380 e. The summed E-state index contributed by atoms with van der Waals surface area (Å²) in [5.41, 5.74) is -3.49. The molecule has 0 aliphatic heterocycles. The zero-order valence-electron chi connectivity index (χ0n) is 15.4. The molecule has 0 saturated carbocycles. The number of hydrogen-bond donors (Lipinski definition) is 2. The molecule has 28 heavy (non-hydrogen) atoms. The van der Waals surface area contributed by atoms with Crippen molar-refractivity contribution in [1.29, 1.82) is 0 Å². The highest BCUT2D eigenvalue weighted by molar-refractivity contribution is 5.80. The van der Waals surface area contributed by atoms with Crippen LogP contribution in [0.15, 0.2) is 48.5 Å². The Hall–Kier alpha value is -2.41. The Balaban J connectivity index is 1.95. The van der Waals surface area contributed by atoms with Gasteiger partial charge in [-0.25, -0.2) is 8.78 Å². The van der Waals surface area contributed by atoms with Crippen LogP contribution in [0.3, 0.4) is 0 Å². The standard InChI is InChI=1S/C21H20F5NO/c1-19(2,14-6-8-15(22)9-7-14)12-20(28,21(24,25)26)11-16-10-13-4-3-5-17(23)18(13)27-16/h3-10,27-28H,11-12H2,1-2H3. The first kappa shape index (κ1) is 20.3. The van der Waals surface area contributed by atoms with E-state index in [-0.39, 0.29) is 11.2 Å². The molecule has 7 heteroatoms. The lowest BCUT2D eigenvalue weighted by Crippen LogP contribution is -2.50. The van der Waals surface area contributed by atoms with Crippen molar-refractivity contribution in [2.45, 2.75) is 43.9 Å². The molecule has 1 heterocycles. The maximum atomic E-state index is 13.8. The first-order valence-corrected chi connectivity index (χ1v) is 8.73. The summed E-state index contributed by atoms with van der Waals surface area (Å²) in [6.07, 6.45) is -6.32. The number of alkyl halides is 3. The van der Waals surface area contributed by atoms with E-state index in [1.807, 2.05) is 0 Å². The summed E-state index contributed by atoms with van der Waals surface area (Å²) >= 11 is 0. The molecule has 0 aliphatic carbocycles. The van der Waals surface area contributed by atoms with Gasteiger partial charge >= 0.3 is 6.18 Å². The number of aliphatic hydroxyl groups is 1. The number of aromatic amines is 1. The monoisotopic (exact) mass is 397 g/mol. The zero-order valence-corrected chi connectivity index (χ0v) is 15.4. The quantitative estimate of drug-likeness (QED) is 0.536. The molecule has 2 N–H and O–H groups in total. The summed E-state index contributed by atoms with van der Waals surface area (Å²) in [6, 6.07) is 10.8. The third-order valence-corrected chi connectivity index (χ3v) is 5.03. The maximum Gasteiger partial charge on any atom is 0.417 e. The van der Waals surface area contributed by atoms with Gasteiger partial charge in [-0.1, -0.05) is 38.1 Å². The number of benzene rings is 2. The summed E-state index contributed by atoms with van der Waals surface area (Å²) in [5, 5.41) is 11.1. The van der Waals surface area contributed by atoms with Crippen LogP contribution in [0.2, 0.25) is 0 Å². The molecule has 0 fully saturated rings. The third-order valence-electron chi connectivity index (χ3n) is 5.03. The number of rotatable bonds is 5. The van der Waals surface area contributed by atoms with Gasteiger partial charge < -0.3 is 10.1 Å². The minimum absolute atomic E-state index is 0.0785. The van der Waals surface area contributed by atoms with Crippen LogP contribution >= 0.6 is 0 Å². The highest BCUT2D eigenvalue weighted by atomic mass is 19.4. The topological polar surface area (TPSA) is 36.0 Å². The van der Waals surface area contributed by atoms with Gasteiger partial charge in [0.2, 0.25) is 0 Å². The Bertz CT molecular complexity index is 975. The molecular weight excluding hydrogens is 377 g/mol. The molecule has 0 saturated heterocycles. The van der Waals surface area contributed by atoms with Crippen LogP contribution in [0.5, 0.6) is 0 Å². The van der Waals surface area contributed by atoms with Gasteiger partial charge in [-0.15, -0.1) is 0 Å². The molecule has 2 aromatic carbocycles. The number of halogens is 5. The Morgan fingerprint density at radius 3 is 2.18 bits per heavy atom. The van der Waals surface area contributed by atoms with Crippen molar-refractivity contribution in [3.63, 3.8) is 0 Å². The van der Waals surface area contributed by atoms with E-state index in [0.29, 0.717) is 10.9 Å². The summed E-state index contributed by atoms with van der Waals surface area (Å²) in [5.74, 6) is -1.07. The molecule has 1 unspecified atom stereocenters. The average molecular weight is 397 g/mol. The molecule has 0 aliphatic rings. The minimum atomic E-state index is -4.92. The fraction of sp³-hybridized carbons (Fsp3) is 0.333. The van der Waals surface area contributed by atoms with Gasteiger partial charge in [0.15, 0.2) is 5.60 Å². The number of fused-ring (bicyclic) bond motifs is 1. The minimum Gasteiger partial charge on any atom is -0.380 e. The summed E-state index contributed by atoms with van der Waals surface area (Å²) in [7, 11) is 0. The molecule has 3 aromatic rings. The fourth-order valence-corrected chi connectivity index (χ4v) is 3.58. The van der Waals surface area contributed by atoms with E-state index in [1.54, 1.807) is 19.9 Å². The largest absolute Gasteiger partial charge is 0.417 e. The number of H-pyrrole nitrogens is 1. The Morgan fingerprint density at radius 2 is 1.61 bits per heavy atom. The summed E-state index contributed by atoms with van der Waals surface area (Å²) < 4.78 is 68.5. The van der Waals surface area contributed by atoms with E-state index in [9.17, 15) is 27.1 Å². The summed E-state index contributed by atoms with van der Waals surface area (Å²) in [4.78, 5) is 2.64. The Labute approximate surface area is 159 Å². The molecule has 1 atom stereocenters. The predicted octanol–water partition coefficient (Wildman–Crippen LogP) is 5.65. The molecule has 0 amide bonds. The maximum absolute atomic E-state index is 13.8. The lowest BCUT2D eigenvalue weighted by atomic mass is 9.73. The van der Waals surface area contributed by atoms with Crippen molar-refractivity contribution in [3.05, 3.63) is 71.4 Å². The molecule has 150 valence electrons. The van der Waals surface area contributed by atoms with Crippen molar-refractivity contribution in [3.8, 4) is 0 Å². The molecule has 1 aromatic heterocycles. The van der Waals surface area contributed by atoms with Crippen LogP contribution in [0.1, 0.15) is 31.5 Å². The van der Waals surface area contributed by atoms with Crippen LogP contribution in [0.25, 0.3) is 10.9 Å². The number of aromatic nitrogens is 1. The second kappa shape index (κ2) is 6.88. The molecule has 0 radical (unpaired) electrons. The van der Waals surface area contributed by atoms with Crippen molar-refractivity contribution in [1.82, 2.24) is 4.98 Å². The molecule has 0 spiro atoms. The Kier molecular flexibility index (Phi) is 5.00. The van der Waals surface area contributed by atoms with Gasteiger partial charge in [-0.05, 0) is 41.7 Å². The Morgan fingerprint density at radius 1 is 0.964 bits per heavy atom. The van der Waals surface area contributed by atoms with E-state index < -0.39 is 41.7 Å². The van der Waals surface area contributed by atoms with Gasteiger partial charge in [0.05, 0.1) is 5.52 Å². The van der Waals surface area contributed by atoms with Gasteiger partial charge in [0.1, 0.15) is 11.6 Å². The SMILES string of the molecule is CC(C)(CC(O)(Cc1cc2cccc(F)c2[nH]1)C(F)(F)F)c1ccc(F)cc1. The highest BCUT2D eigenvalue weighted by Gasteiger charge is 2.56. The van der Waals surface area contributed by atoms with E-state index in [4.69, 9.17) is 0 Å². The van der Waals surface area contributed by atoms with Gasteiger partial charge in [-0.3, -0.25) is 0 Å². The highest BCUT2D eigenvalue weighted by Crippen LogP contribution is 2.43. The lowest BCUT2D eigenvalue weighted by molar-refractivity contribution is -0.266. The van der Waals surface area contributed by atoms with Crippen LogP contribution in [0.4, 0.5) is 22.0 Å². The van der Waals surface area contributed by atoms with Gasteiger partial charge in [0, 0.05) is 17.5 Å². The zero-order chi connectivity index (χ0) is 20.7. The number of para-hydroxylation sites is 1. The lowest BCUT2D eigenvalue weighted by Gasteiger charge is -2.38. The van der Waals surface area contributed by atoms with E-state index in [1.165, 1.54) is 42.5 Å². The molecule has 0 bridgehead atoms. The van der Waals surface area contributed by atoms with E-state index in [2.05, 4.69) is 4.98 Å². The second-order valence-corrected chi connectivity index (χ2v) is 7.77. The van der Waals surface area contributed by atoms with Crippen molar-refractivity contribution >= 4 is 10.9 Å². The normalized spacial score (nSPS) is 15.0. The number of nitrogens with one attached hydrogen (secondary N) is 1. The number of hydrogen-bond acceptors (Lipinski definition) is 1. The molecule has 2 nitrogen and oxygen atoms in total. The third kappa shape index (κ3) is 3.90. The van der Waals surface area contributed by atoms with Crippen LogP contribution < -0.4 is 0 Å². The fourth-order valence-electron chi connectivity index (χ4n) is 3.58. The van der Waals surface area contributed by atoms with E-state index in [0.717, 1.165) is 0 Å². The van der Waals surface area contributed by atoms with Crippen molar-refractivity contribution < 1.29 is 27.1 Å². The first-order chi connectivity index (χ1) is 12.9. The van der Waals surface area contributed by atoms with Crippen LogP contribution in [0, 0.1) is 11.6 Å². The summed E-state index contributed by atoms with van der Waals surface area (Å²) in [6.45, 7) is 3.11. The van der Waals surface area contributed by atoms with Gasteiger partial charge in [-0.2, -0.15) is 13.2 Å². The van der Waals surface area contributed by atoms with E-state index >= 15 is 0 Å². The van der Waals surface area contributed by atoms with Crippen LogP contribution in [-0.4, -0.2) is 21.9 Å².